The molecule has 0 unspecified atom stereocenters. The van der Waals surface area contributed by atoms with Gasteiger partial charge in [0.05, 0.1) is 27.6 Å². The first-order chi connectivity index (χ1) is 24.7. The summed E-state index contributed by atoms with van der Waals surface area (Å²) >= 11 is 3.43. The average Bonchev–Trinajstić information content (AvgIpc) is 3.10. The molecule has 2 aliphatic rings. The monoisotopic (exact) mass is 804 g/mol. The largest absolute Gasteiger partial charge is 0.573 e. The third-order valence-electron chi connectivity index (χ3n) is 9.23. The molecule has 278 valence electrons. The Balaban J connectivity index is 1.30. The highest BCUT2D eigenvalue weighted by Crippen LogP contribution is 2.41. The number of hydrogen-bond donors (Lipinski definition) is 2. The Morgan fingerprint density at radius 3 is 2.40 bits per heavy atom. The molecule has 0 aliphatic carbocycles. The standard InChI is InChI=1S/C34H40BrF3N10O3S/c1-5-22-19-27(29(51-34(36,37)38)20-28(22)47-13-9-23(10-14-47)46-17-15-45(3)16-18-46)43-33-41-21-24(35)32(44-33)42-26-8-7-25-30(40-12-11-39-25)31(26)48(6-2)52(4,49)50/h5,7-8,11-12,19-21,23H,1,6,9-10,13-18H2,2-4H3,(H2,41,42,43,44). The number of likely N-dealkylation sites (N-methyl/N-ethyl adjacent to an activating group) is 1. The number of rotatable bonds is 11. The van der Waals surface area contributed by atoms with Crippen molar-refractivity contribution in [2.24, 2.45) is 0 Å². The molecule has 2 fully saturated rings. The summed E-state index contributed by atoms with van der Waals surface area (Å²) in [5.41, 5.74) is 2.62. The van der Waals surface area contributed by atoms with Gasteiger partial charge in [0.25, 0.3) is 0 Å². The van der Waals surface area contributed by atoms with Crippen LogP contribution in [-0.2, 0) is 10.0 Å². The molecule has 0 saturated carbocycles. The number of alkyl halides is 3. The molecule has 52 heavy (non-hydrogen) atoms. The number of ether oxygens (including phenoxy) is 1. The zero-order valence-electron chi connectivity index (χ0n) is 29.0. The van der Waals surface area contributed by atoms with Crippen LogP contribution in [0.3, 0.4) is 0 Å². The molecule has 0 spiro atoms. The lowest BCUT2D eigenvalue weighted by molar-refractivity contribution is -0.274. The van der Waals surface area contributed by atoms with E-state index in [0.717, 1.165) is 45.3 Å². The number of piperazine rings is 1. The first-order valence-corrected chi connectivity index (χ1v) is 19.4. The Bertz CT molecular complexity index is 2040. The summed E-state index contributed by atoms with van der Waals surface area (Å²) in [5.74, 6) is -0.294. The molecule has 13 nitrogen and oxygen atoms in total. The second kappa shape index (κ2) is 15.4. The normalized spacial score (nSPS) is 16.6. The lowest BCUT2D eigenvalue weighted by Gasteiger charge is -2.43. The Morgan fingerprint density at radius 2 is 1.75 bits per heavy atom. The van der Waals surface area contributed by atoms with E-state index in [0.29, 0.717) is 51.6 Å². The van der Waals surface area contributed by atoms with E-state index < -0.39 is 22.1 Å². The predicted octanol–water partition coefficient (Wildman–Crippen LogP) is 6.21. The highest BCUT2D eigenvalue weighted by atomic mass is 79.9. The van der Waals surface area contributed by atoms with Crippen LogP contribution in [-0.4, -0.2) is 110 Å². The molecule has 4 aromatic rings. The van der Waals surface area contributed by atoms with Gasteiger partial charge in [-0.15, -0.1) is 13.2 Å². The summed E-state index contributed by atoms with van der Waals surface area (Å²) in [6.45, 7) is 11.2. The molecule has 0 radical (unpaired) electrons. The minimum atomic E-state index is -4.97. The second-order valence-corrected chi connectivity index (χ2v) is 15.4. The van der Waals surface area contributed by atoms with Crippen molar-refractivity contribution in [1.82, 2.24) is 29.7 Å². The summed E-state index contributed by atoms with van der Waals surface area (Å²) < 4.78 is 73.2. The lowest BCUT2D eigenvalue weighted by Crippen LogP contribution is -2.52. The van der Waals surface area contributed by atoms with Crippen LogP contribution in [0.4, 0.5) is 47.7 Å². The van der Waals surface area contributed by atoms with Crippen molar-refractivity contribution >= 4 is 77.6 Å². The molecule has 0 amide bonds. The molecule has 0 atom stereocenters. The maximum atomic E-state index is 13.8. The van der Waals surface area contributed by atoms with E-state index in [-0.39, 0.29) is 29.7 Å². The van der Waals surface area contributed by atoms with Crippen LogP contribution in [0.1, 0.15) is 25.3 Å². The van der Waals surface area contributed by atoms with Gasteiger partial charge in [0.2, 0.25) is 16.0 Å². The Hall–Kier alpha value is -4.26. The summed E-state index contributed by atoms with van der Waals surface area (Å²) in [6.07, 6.45) is 3.91. The molecule has 2 aromatic heterocycles. The number of benzene rings is 2. The second-order valence-electron chi connectivity index (χ2n) is 12.7. The van der Waals surface area contributed by atoms with Crippen molar-refractivity contribution < 1.29 is 26.3 Å². The van der Waals surface area contributed by atoms with Gasteiger partial charge in [0.15, 0.2) is 5.75 Å². The van der Waals surface area contributed by atoms with Crippen LogP contribution in [0.25, 0.3) is 17.1 Å². The number of halogens is 4. The minimum Gasteiger partial charge on any atom is -0.403 e. The fourth-order valence-electron chi connectivity index (χ4n) is 6.69. The number of nitrogens with zero attached hydrogens (tertiary/aromatic N) is 8. The zero-order valence-corrected chi connectivity index (χ0v) is 31.4. The summed E-state index contributed by atoms with van der Waals surface area (Å²) in [4.78, 5) is 24.4. The van der Waals surface area contributed by atoms with Gasteiger partial charge in [-0.05, 0) is 66.5 Å². The van der Waals surface area contributed by atoms with E-state index in [1.165, 1.54) is 29.0 Å². The Labute approximate surface area is 309 Å². The van der Waals surface area contributed by atoms with Gasteiger partial charge in [-0.25, -0.2) is 13.4 Å². The lowest BCUT2D eigenvalue weighted by atomic mass is 10.00. The van der Waals surface area contributed by atoms with E-state index in [9.17, 15) is 21.6 Å². The Morgan fingerprint density at radius 1 is 1.04 bits per heavy atom. The highest BCUT2D eigenvalue weighted by molar-refractivity contribution is 9.10. The fourth-order valence-corrected chi connectivity index (χ4v) is 7.96. The van der Waals surface area contributed by atoms with E-state index in [1.807, 2.05) is 0 Å². The SMILES string of the molecule is C=Cc1cc(Nc2ncc(Br)c(Nc3ccc4nccnc4c3N(CC)S(C)(=O)=O)n2)c(OC(F)(F)F)cc1N1CCC(N2CCN(C)CC2)CC1. The number of aromatic nitrogens is 4. The average molecular weight is 806 g/mol. The van der Waals surface area contributed by atoms with Gasteiger partial charge < -0.3 is 25.2 Å². The van der Waals surface area contributed by atoms with Crippen molar-refractivity contribution in [3.05, 3.63) is 59.5 Å². The molecule has 18 heteroatoms. The van der Waals surface area contributed by atoms with Crippen LogP contribution >= 0.6 is 15.9 Å². The quantitative estimate of drug-likeness (QED) is 0.179. The van der Waals surface area contributed by atoms with Crippen LogP contribution in [0, 0.1) is 0 Å². The molecule has 2 aliphatic heterocycles. The van der Waals surface area contributed by atoms with Crippen LogP contribution < -0.4 is 24.6 Å². The van der Waals surface area contributed by atoms with E-state index in [2.05, 4.69) is 79.6 Å². The number of hydrogen-bond acceptors (Lipinski definition) is 12. The van der Waals surface area contributed by atoms with Crippen molar-refractivity contribution in [2.45, 2.75) is 32.2 Å². The van der Waals surface area contributed by atoms with E-state index >= 15 is 0 Å². The zero-order chi connectivity index (χ0) is 37.2. The molecular weight excluding hydrogens is 765 g/mol. The van der Waals surface area contributed by atoms with Gasteiger partial charge in [0.1, 0.15) is 17.0 Å². The number of sulfonamides is 1. The molecule has 2 N–H and O–H groups in total. The van der Waals surface area contributed by atoms with Gasteiger partial charge >= 0.3 is 6.36 Å². The summed E-state index contributed by atoms with van der Waals surface area (Å²) in [5, 5.41) is 6.05. The number of fused-ring (bicyclic) bond motifs is 1. The van der Waals surface area contributed by atoms with Crippen molar-refractivity contribution in [3.63, 3.8) is 0 Å². The molecule has 4 heterocycles. The molecule has 2 aromatic carbocycles. The van der Waals surface area contributed by atoms with E-state index in [4.69, 9.17) is 0 Å². The van der Waals surface area contributed by atoms with Crippen LogP contribution in [0.5, 0.6) is 5.75 Å². The first-order valence-electron chi connectivity index (χ1n) is 16.8. The minimum absolute atomic E-state index is 0.0209. The molecular formula is C34H40BrF3N10O3S. The van der Waals surface area contributed by atoms with Crippen molar-refractivity contribution in [3.8, 4) is 5.75 Å². The van der Waals surface area contributed by atoms with E-state index in [1.54, 1.807) is 31.2 Å². The van der Waals surface area contributed by atoms with Gasteiger partial charge in [-0.2, -0.15) is 4.98 Å². The predicted molar refractivity (Wildman–Crippen MR) is 201 cm³/mol. The topological polar surface area (TPSA) is 132 Å². The molecule has 0 bridgehead atoms. The fraction of sp³-hybridized carbons (Fsp3) is 0.412. The number of piperidine rings is 1. The number of anilines is 6. The summed E-state index contributed by atoms with van der Waals surface area (Å²) in [7, 11) is -1.61. The van der Waals surface area contributed by atoms with Crippen LogP contribution in [0.2, 0.25) is 0 Å². The highest BCUT2D eigenvalue weighted by Gasteiger charge is 2.34. The van der Waals surface area contributed by atoms with Crippen LogP contribution in [0.15, 0.2) is 53.9 Å². The number of nitrogens with one attached hydrogen (secondary N) is 2. The third-order valence-corrected chi connectivity index (χ3v) is 11.1. The van der Waals surface area contributed by atoms with Crippen molar-refractivity contribution in [2.75, 3.05) is 79.0 Å². The van der Waals surface area contributed by atoms with Gasteiger partial charge in [-0.3, -0.25) is 19.2 Å². The summed E-state index contributed by atoms with van der Waals surface area (Å²) in [6, 6.07) is 6.69. The maximum Gasteiger partial charge on any atom is 0.573 e. The smallest absolute Gasteiger partial charge is 0.403 e. The third kappa shape index (κ3) is 8.51. The van der Waals surface area contributed by atoms with Crippen molar-refractivity contribution in [1.29, 1.82) is 0 Å². The first kappa shape index (κ1) is 37.5. The molecule has 6 rings (SSSR count). The molecule has 2 saturated heterocycles. The Kier molecular flexibility index (Phi) is 11.1. The van der Waals surface area contributed by atoms with Gasteiger partial charge in [-0.1, -0.05) is 12.7 Å². The maximum absolute atomic E-state index is 13.8. The van der Waals surface area contributed by atoms with Gasteiger partial charge in [0, 0.05) is 82.2 Å².